The highest BCUT2D eigenvalue weighted by molar-refractivity contribution is 6.30. The average Bonchev–Trinajstić information content (AvgIpc) is 2.90. The first-order valence-electron chi connectivity index (χ1n) is 7.30. The third kappa shape index (κ3) is 3.54. The molecular weight excluding hydrogens is 300 g/mol. The minimum atomic E-state index is -0.156. The van der Waals surface area contributed by atoms with Gasteiger partial charge in [0.15, 0.2) is 0 Å². The van der Waals surface area contributed by atoms with E-state index in [1.807, 2.05) is 18.2 Å². The zero-order valence-corrected chi connectivity index (χ0v) is 12.8. The minimum absolute atomic E-state index is 0.0591. The zero-order valence-electron chi connectivity index (χ0n) is 12.1. The Morgan fingerprint density at radius 1 is 1.36 bits per heavy atom. The van der Waals surface area contributed by atoms with Crippen molar-refractivity contribution in [2.75, 3.05) is 6.54 Å². The van der Waals surface area contributed by atoms with Gasteiger partial charge in [0, 0.05) is 36.6 Å². The number of urea groups is 1. The number of rotatable bonds is 4. The molecule has 1 aliphatic rings. The average molecular weight is 317 g/mol. The van der Waals surface area contributed by atoms with Gasteiger partial charge in [0.25, 0.3) is 0 Å². The Balaban J connectivity index is 1.49. The molecule has 2 aromatic rings. The number of benzene rings is 1. The van der Waals surface area contributed by atoms with E-state index >= 15 is 0 Å². The lowest BCUT2D eigenvalue weighted by Crippen LogP contribution is -2.38. The summed E-state index contributed by atoms with van der Waals surface area (Å²) in [7, 11) is 0. The number of carbonyl (C=O) groups is 1. The fourth-order valence-corrected chi connectivity index (χ4v) is 2.90. The monoisotopic (exact) mass is 316 g/mol. The largest absolute Gasteiger partial charge is 0.338 e. The lowest BCUT2D eigenvalue weighted by Gasteiger charge is -2.15. The molecule has 6 heteroatoms. The third-order valence-electron chi connectivity index (χ3n) is 3.77. The maximum atomic E-state index is 12.0. The van der Waals surface area contributed by atoms with E-state index in [4.69, 9.17) is 11.6 Å². The molecule has 1 aliphatic carbocycles. The topological polar surface area (TPSA) is 66.9 Å². The number of nitrogens with one attached hydrogen (secondary N) is 2. The molecule has 1 heterocycles. The van der Waals surface area contributed by atoms with Gasteiger partial charge in [0.05, 0.1) is 11.7 Å². The van der Waals surface area contributed by atoms with Crippen LogP contribution in [0.1, 0.15) is 29.3 Å². The number of aromatic nitrogens is 2. The van der Waals surface area contributed by atoms with Crippen LogP contribution >= 0.6 is 11.6 Å². The van der Waals surface area contributed by atoms with Crippen LogP contribution in [0.15, 0.2) is 36.8 Å². The lowest BCUT2D eigenvalue weighted by atomic mass is 10.1. The van der Waals surface area contributed by atoms with Gasteiger partial charge in [-0.1, -0.05) is 17.7 Å². The number of halogens is 1. The molecule has 2 N–H and O–H groups in total. The van der Waals surface area contributed by atoms with Crippen LogP contribution in [0.5, 0.6) is 0 Å². The van der Waals surface area contributed by atoms with Crippen LogP contribution in [-0.2, 0) is 12.8 Å². The van der Waals surface area contributed by atoms with Gasteiger partial charge in [-0.15, -0.1) is 0 Å². The molecular formula is C16H17ClN4O. The van der Waals surface area contributed by atoms with E-state index < -0.39 is 0 Å². The molecule has 0 fully saturated rings. The van der Waals surface area contributed by atoms with Crippen LogP contribution in [0.25, 0.3) is 0 Å². The van der Waals surface area contributed by atoms with Crippen molar-refractivity contribution < 1.29 is 4.79 Å². The Bertz CT molecular complexity index is 662. The van der Waals surface area contributed by atoms with Gasteiger partial charge in [-0.3, -0.25) is 9.97 Å². The van der Waals surface area contributed by atoms with E-state index in [0.29, 0.717) is 13.0 Å². The highest BCUT2D eigenvalue weighted by Gasteiger charge is 2.23. The van der Waals surface area contributed by atoms with Crippen LogP contribution in [0, 0.1) is 0 Å². The smallest absolute Gasteiger partial charge is 0.315 e. The number of aryl methyl sites for hydroxylation is 1. The Hall–Kier alpha value is -2.14. The summed E-state index contributed by atoms with van der Waals surface area (Å²) in [6.07, 6.45) is 7.51. The molecule has 0 saturated carbocycles. The molecule has 0 aliphatic heterocycles. The van der Waals surface area contributed by atoms with Gasteiger partial charge in [-0.25, -0.2) is 4.79 Å². The zero-order chi connectivity index (χ0) is 15.4. The van der Waals surface area contributed by atoms with Gasteiger partial charge in [0.2, 0.25) is 0 Å². The molecule has 3 rings (SSSR count). The van der Waals surface area contributed by atoms with Crippen LogP contribution in [0.2, 0.25) is 5.02 Å². The quantitative estimate of drug-likeness (QED) is 0.911. The van der Waals surface area contributed by atoms with Crippen molar-refractivity contribution in [2.45, 2.75) is 25.3 Å². The Labute approximate surface area is 134 Å². The molecule has 1 aromatic carbocycles. The highest BCUT2D eigenvalue weighted by atomic mass is 35.5. The van der Waals surface area contributed by atoms with Gasteiger partial charge in [-0.2, -0.15) is 0 Å². The lowest BCUT2D eigenvalue weighted by molar-refractivity contribution is 0.237. The molecule has 22 heavy (non-hydrogen) atoms. The summed E-state index contributed by atoms with van der Waals surface area (Å²) < 4.78 is 0. The Kier molecular flexibility index (Phi) is 4.53. The molecule has 0 radical (unpaired) electrons. The molecule has 0 unspecified atom stereocenters. The number of fused-ring (bicyclic) bond motifs is 1. The number of hydrogen-bond donors (Lipinski definition) is 2. The molecule has 0 bridgehead atoms. The molecule has 2 amide bonds. The van der Waals surface area contributed by atoms with Crippen molar-refractivity contribution in [3.05, 3.63) is 58.6 Å². The number of carbonyl (C=O) groups excluding carboxylic acids is 1. The summed E-state index contributed by atoms with van der Waals surface area (Å²) in [5.41, 5.74) is 3.24. The molecule has 0 saturated heterocycles. The van der Waals surface area contributed by atoms with E-state index in [1.54, 1.807) is 18.6 Å². The molecule has 5 nitrogen and oxygen atoms in total. The van der Waals surface area contributed by atoms with Crippen molar-refractivity contribution in [1.29, 1.82) is 0 Å². The second kappa shape index (κ2) is 6.75. The Morgan fingerprint density at radius 2 is 2.27 bits per heavy atom. The molecule has 1 aromatic heterocycles. The predicted molar refractivity (Wildman–Crippen MR) is 84.8 cm³/mol. The van der Waals surface area contributed by atoms with Gasteiger partial charge < -0.3 is 10.6 Å². The first kappa shape index (κ1) is 14.8. The fraction of sp³-hybridized carbons (Fsp3) is 0.312. The van der Waals surface area contributed by atoms with Crippen molar-refractivity contribution >= 4 is 17.6 Å². The maximum Gasteiger partial charge on any atom is 0.315 e. The number of nitrogens with zero attached hydrogens (tertiary/aromatic N) is 2. The summed E-state index contributed by atoms with van der Waals surface area (Å²) in [4.78, 5) is 20.1. The minimum Gasteiger partial charge on any atom is -0.338 e. The van der Waals surface area contributed by atoms with E-state index in [1.165, 1.54) is 5.56 Å². The summed E-state index contributed by atoms with van der Waals surface area (Å²) in [6, 6.07) is 5.74. The molecule has 0 spiro atoms. The third-order valence-corrected chi connectivity index (χ3v) is 4.01. The molecule has 1 atom stereocenters. The predicted octanol–water partition coefficient (Wildman–Crippen LogP) is 2.66. The summed E-state index contributed by atoms with van der Waals surface area (Å²) in [5.74, 6) is 0. The SMILES string of the molecule is O=C(NCCc1cnccn1)N[C@@H]1CCc2cc(Cl)ccc21. The van der Waals surface area contributed by atoms with Crippen LogP contribution in [0.3, 0.4) is 0 Å². The van der Waals surface area contributed by atoms with E-state index in [-0.39, 0.29) is 12.1 Å². The Morgan fingerprint density at radius 3 is 3.09 bits per heavy atom. The van der Waals surface area contributed by atoms with Crippen molar-refractivity contribution in [1.82, 2.24) is 20.6 Å². The first-order chi connectivity index (χ1) is 10.7. The standard InChI is InChI=1S/C16H17ClN4O/c17-12-2-3-14-11(9-12)1-4-15(14)21-16(22)20-6-5-13-10-18-7-8-19-13/h2-3,7-10,15H,1,4-6H2,(H2,20,21,22)/t15-/m1/s1. The van der Waals surface area contributed by atoms with Gasteiger partial charge >= 0.3 is 6.03 Å². The number of amides is 2. The van der Waals surface area contributed by atoms with Crippen LogP contribution in [0.4, 0.5) is 4.79 Å². The molecule has 114 valence electrons. The van der Waals surface area contributed by atoms with Crippen molar-refractivity contribution in [2.24, 2.45) is 0 Å². The van der Waals surface area contributed by atoms with Gasteiger partial charge in [0.1, 0.15) is 0 Å². The number of hydrogen-bond acceptors (Lipinski definition) is 3. The first-order valence-corrected chi connectivity index (χ1v) is 7.68. The second-order valence-corrected chi connectivity index (χ2v) is 5.72. The fourth-order valence-electron chi connectivity index (χ4n) is 2.71. The van der Waals surface area contributed by atoms with Gasteiger partial charge in [-0.05, 0) is 36.1 Å². The maximum absolute atomic E-state index is 12.0. The summed E-state index contributed by atoms with van der Waals surface area (Å²) in [6.45, 7) is 0.532. The van der Waals surface area contributed by atoms with Crippen molar-refractivity contribution in [3.8, 4) is 0 Å². The van der Waals surface area contributed by atoms with E-state index in [2.05, 4.69) is 20.6 Å². The summed E-state index contributed by atoms with van der Waals surface area (Å²) in [5, 5.41) is 6.61. The van der Waals surface area contributed by atoms with Crippen molar-refractivity contribution in [3.63, 3.8) is 0 Å². The highest BCUT2D eigenvalue weighted by Crippen LogP contribution is 2.32. The van der Waals surface area contributed by atoms with Crippen LogP contribution < -0.4 is 10.6 Å². The summed E-state index contributed by atoms with van der Waals surface area (Å²) >= 11 is 5.99. The normalized spacial score (nSPS) is 16.1. The van der Waals surface area contributed by atoms with E-state index in [0.717, 1.165) is 29.1 Å². The van der Waals surface area contributed by atoms with Crippen LogP contribution in [-0.4, -0.2) is 22.5 Å². The van der Waals surface area contributed by atoms with E-state index in [9.17, 15) is 4.79 Å². The second-order valence-electron chi connectivity index (χ2n) is 5.28.